The van der Waals surface area contributed by atoms with Gasteiger partial charge in [0.15, 0.2) is 5.60 Å². The summed E-state index contributed by atoms with van der Waals surface area (Å²) in [5, 5.41) is 12.8. The highest BCUT2D eigenvalue weighted by Gasteiger charge is 2.49. The Kier molecular flexibility index (Phi) is 4.67. The molecule has 0 saturated heterocycles. The number of likely N-dealkylation sites (N-methyl/N-ethyl adjacent to an activating group) is 1. The van der Waals surface area contributed by atoms with E-state index in [9.17, 15) is 14.7 Å². The largest absolute Gasteiger partial charge is 0.375 e. The third kappa shape index (κ3) is 2.46. The van der Waals surface area contributed by atoms with Crippen molar-refractivity contribution in [1.82, 2.24) is 5.32 Å². The summed E-state index contributed by atoms with van der Waals surface area (Å²) in [5.41, 5.74) is -0.620. The summed E-state index contributed by atoms with van der Waals surface area (Å²) in [7, 11) is 3.06. The maximum Gasteiger partial charge on any atom is 0.263 e. The van der Waals surface area contributed by atoms with Crippen molar-refractivity contribution < 1.29 is 14.7 Å². The lowest BCUT2D eigenvalue weighted by molar-refractivity contribution is -0.142. The van der Waals surface area contributed by atoms with Crippen molar-refractivity contribution in [3.8, 4) is 0 Å². The van der Waals surface area contributed by atoms with Crippen LogP contribution in [0.2, 0.25) is 0 Å². The molecule has 1 aliphatic rings. The molecule has 0 radical (unpaired) electrons. The number of para-hydroxylation sites is 1. The van der Waals surface area contributed by atoms with E-state index in [1.54, 1.807) is 31.3 Å². The number of aliphatic hydroxyl groups is 1. The molecule has 1 aliphatic heterocycles. The molecule has 1 heterocycles. The van der Waals surface area contributed by atoms with Gasteiger partial charge in [-0.2, -0.15) is 0 Å². The van der Waals surface area contributed by atoms with Crippen LogP contribution in [-0.4, -0.2) is 31.0 Å². The van der Waals surface area contributed by atoms with Crippen LogP contribution in [-0.2, 0) is 15.2 Å². The first-order valence-corrected chi connectivity index (χ1v) is 6.31. The van der Waals surface area contributed by atoms with Gasteiger partial charge >= 0.3 is 0 Å². The number of carbonyl (C=O) groups is 2. The molecule has 19 heavy (non-hydrogen) atoms. The van der Waals surface area contributed by atoms with Crippen LogP contribution in [0.5, 0.6) is 0 Å². The Hall–Kier alpha value is -1.88. The fraction of sp³-hybridized carbons (Fsp3) is 0.429. The molecule has 5 heteroatoms. The Bertz CT molecular complexity index is 487. The third-order valence-corrected chi connectivity index (χ3v) is 3.06. The maximum atomic E-state index is 12.0. The summed E-state index contributed by atoms with van der Waals surface area (Å²) in [5.74, 6) is -0.840. The lowest BCUT2D eigenvalue weighted by atomic mass is 9.91. The third-order valence-electron chi connectivity index (χ3n) is 3.06. The average molecular weight is 264 g/mol. The second kappa shape index (κ2) is 5.84. The smallest absolute Gasteiger partial charge is 0.263 e. The fourth-order valence-electron chi connectivity index (χ4n) is 2.11. The van der Waals surface area contributed by atoms with Crippen LogP contribution in [0.15, 0.2) is 24.3 Å². The second-order valence-corrected chi connectivity index (χ2v) is 4.09. The van der Waals surface area contributed by atoms with Crippen molar-refractivity contribution in [1.29, 1.82) is 0 Å². The molecule has 1 unspecified atom stereocenters. The zero-order chi connectivity index (χ0) is 14.6. The quantitative estimate of drug-likeness (QED) is 0.837. The standard InChI is InChI=1S/C12H14N2O3.C2H6/c1-13-10(15)7-12(17)8-5-3-4-6-9(8)14(2)11(12)16;1-2/h3-6,17H,7H2,1-2H3,(H,13,15);1-2H3. The minimum absolute atomic E-state index is 0.260. The monoisotopic (exact) mass is 264 g/mol. The van der Waals surface area contributed by atoms with E-state index >= 15 is 0 Å². The first-order chi connectivity index (χ1) is 9.00. The molecule has 0 saturated carbocycles. The Morgan fingerprint density at radius 2 is 1.95 bits per heavy atom. The minimum Gasteiger partial charge on any atom is -0.375 e. The van der Waals surface area contributed by atoms with Crippen molar-refractivity contribution in [2.45, 2.75) is 25.9 Å². The Morgan fingerprint density at radius 3 is 2.53 bits per heavy atom. The van der Waals surface area contributed by atoms with Gasteiger partial charge in [-0.1, -0.05) is 32.0 Å². The molecule has 2 rings (SSSR count). The number of fused-ring (bicyclic) bond motifs is 1. The molecule has 104 valence electrons. The van der Waals surface area contributed by atoms with E-state index in [1.807, 2.05) is 13.8 Å². The number of anilines is 1. The van der Waals surface area contributed by atoms with Crippen molar-refractivity contribution in [3.63, 3.8) is 0 Å². The van der Waals surface area contributed by atoms with Gasteiger partial charge in [-0.3, -0.25) is 9.59 Å². The Morgan fingerprint density at radius 1 is 1.37 bits per heavy atom. The summed E-state index contributed by atoms with van der Waals surface area (Å²) >= 11 is 0. The number of carbonyl (C=O) groups excluding carboxylic acids is 2. The van der Waals surface area contributed by atoms with Crippen molar-refractivity contribution >= 4 is 17.5 Å². The highest BCUT2D eigenvalue weighted by Crippen LogP contribution is 2.41. The molecule has 0 bridgehead atoms. The summed E-state index contributed by atoms with van der Waals surface area (Å²) < 4.78 is 0. The van der Waals surface area contributed by atoms with E-state index in [1.165, 1.54) is 11.9 Å². The van der Waals surface area contributed by atoms with E-state index in [-0.39, 0.29) is 12.3 Å². The van der Waals surface area contributed by atoms with Gasteiger partial charge in [-0.25, -0.2) is 0 Å². The van der Waals surface area contributed by atoms with Crippen LogP contribution in [0.4, 0.5) is 5.69 Å². The minimum atomic E-state index is -1.74. The SMILES string of the molecule is CC.CNC(=O)CC1(O)C(=O)N(C)c2ccccc21. The molecule has 0 aromatic heterocycles. The van der Waals surface area contributed by atoms with Gasteiger partial charge in [0.25, 0.3) is 5.91 Å². The molecule has 1 atom stereocenters. The first kappa shape index (κ1) is 15.2. The predicted molar refractivity (Wildman–Crippen MR) is 73.8 cm³/mol. The van der Waals surface area contributed by atoms with E-state index in [4.69, 9.17) is 0 Å². The first-order valence-electron chi connectivity index (χ1n) is 6.31. The zero-order valence-electron chi connectivity index (χ0n) is 11.7. The van der Waals surface area contributed by atoms with Crippen molar-refractivity contribution in [3.05, 3.63) is 29.8 Å². The number of amides is 2. The van der Waals surface area contributed by atoms with Crippen LogP contribution in [0.25, 0.3) is 0 Å². The summed E-state index contributed by atoms with van der Waals surface area (Å²) in [6.07, 6.45) is -0.260. The number of hydrogen-bond acceptors (Lipinski definition) is 3. The molecule has 1 aromatic rings. The highest BCUT2D eigenvalue weighted by molar-refractivity contribution is 6.08. The normalized spacial score (nSPS) is 20.5. The van der Waals surface area contributed by atoms with Crippen LogP contribution in [0.1, 0.15) is 25.8 Å². The van der Waals surface area contributed by atoms with Gasteiger partial charge in [-0.15, -0.1) is 0 Å². The summed E-state index contributed by atoms with van der Waals surface area (Å²) in [4.78, 5) is 24.8. The lowest BCUT2D eigenvalue weighted by Gasteiger charge is -2.20. The second-order valence-electron chi connectivity index (χ2n) is 4.09. The van der Waals surface area contributed by atoms with E-state index in [2.05, 4.69) is 5.32 Å². The van der Waals surface area contributed by atoms with Crippen molar-refractivity contribution in [2.24, 2.45) is 0 Å². The van der Waals surface area contributed by atoms with Gasteiger partial charge < -0.3 is 15.3 Å². The topological polar surface area (TPSA) is 69.6 Å². The molecule has 0 spiro atoms. The maximum absolute atomic E-state index is 12.0. The van der Waals surface area contributed by atoms with Gasteiger partial charge in [0.05, 0.1) is 12.1 Å². The van der Waals surface area contributed by atoms with Crippen molar-refractivity contribution in [2.75, 3.05) is 19.0 Å². The number of nitrogens with one attached hydrogen (secondary N) is 1. The molecule has 5 nitrogen and oxygen atoms in total. The molecular weight excluding hydrogens is 244 g/mol. The Labute approximate surface area is 113 Å². The van der Waals surface area contributed by atoms with Gasteiger partial charge in [0.2, 0.25) is 5.91 Å². The number of benzene rings is 1. The van der Waals surface area contributed by atoms with Crippen LogP contribution < -0.4 is 10.2 Å². The summed E-state index contributed by atoms with van der Waals surface area (Å²) in [6.45, 7) is 4.00. The fourth-order valence-corrected chi connectivity index (χ4v) is 2.11. The molecule has 0 aliphatic carbocycles. The van der Waals surface area contributed by atoms with Gasteiger partial charge in [0.1, 0.15) is 0 Å². The molecule has 2 N–H and O–H groups in total. The number of nitrogens with zero attached hydrogens (tertiary/aromatic N) is 1. The van der Waals surface area contributed by atoms with E-state index < -0.39 is 11.5 Å². The molecule has 0 fully saturated rings. The molecule has 2 amide bonds. The molecular formula is C14H20N2O3. The highest BCUT2D eigenvalue weighted by atomic mass is 16.3. The summed E-state index contributed by atoms with van der Waals surface area (Å²) in [6, 6.07) is 6.93. The Balaban J connectivity index is 0.000000861. The van der Waals surface area contributed by atoms with Crippen LogP contribution >= 0.6 is 0 Å². The van der Waals surface area contributed by atoms with Gasteiger partial charge in [-0.05, 0) is 6.07 Å². The van der Waals surface area contributed by atoms with Crippen LogP contribution in [0, 0.1) is 0 Å². The zero-order valence-corrected chi connectivity index (χ0v) is 11.7. The van der Waals surface area contributed by atoms with E-state index in [0.717, 1.165) is 0 Å². The van der Waals surface area contributed by atoms with E-state index in [0.29, 0.717) is 11.3 Å². The lowest BCUT2D eigenvalue weighted by Crippen LogP contribution is -2.42. The van der Waals surface area contributed by atoms with Gasteiger partial charge in [0, 0.05) is 19.7 Å². The number of rotatable bonds is 2. The predicted octanol–water partition coefficient (Wildman–Crippen LogP) is 1.01. The number of hydrogen-bond donors (Lipinski definition) is 2. The van der Waals surface area contributed by atoms with Crippen LogP contribution in [0.3, 0.4) is 0 Å². The average Bonchev–Trinajstić information content (AvgIpc) is 2.64. The molecule has 1 aromatic carbocycles.